The van der Waals surface area contributed by atoms with E-state index in [0.29, 0.717) is 12.0 Å². The predicted molar refractivity (Wildman–Crippen MR) is 54.6 cm³/mol. The van der Waals surface area contributed by atoms with Gasteiger partial charge in [0.15, 0.2) is 6.10 Å². The molecule has 0 spiro atoms. The summed E-state index contributed by atoms with van der Waals surface area (Å²) < 4.78 is 0. The quantitative estimate of drug-likeness (QED) is 0.703. The maximum atomic E-state index is 10.6. The van der Waals surface area contributed by atoms with E-state index >= 15 is 0 Å². The summed E-state index contributed by atoms with van der Waals surface area (Å²) in [5, 5.41) is 35.7. The molecule has 1 aromatic carbocycles. The summed E-state index contributed by atoms with van der Waals surface area (Å²) in [5.74, 6) is -1.50. The summed E-state index contributed by atoms with van der Waals surface area (Å²) in [7, 11) is 0. The molecule has 16 heavy (non-hydrogen) atoms. The zero-order chi connectivity index (χ0) is 12.1. The van der Waals surface area contributed by atoms with Gasteiger partial charge in [0.05, 0.1) is 6.07 Å². The maximum Gasteiger partial charge on any atom is 0.337 e. The summed E-state index contributed by atoms with van der Waals surface area (Å²) in [6.45, 7) is 0. The number of carboxylic acids is 1. The van der Waals surface area contributed by atoms with Crippen LogP contribution in [0.4, 0.5) is 0 Å². The molecule has 0 aliphatic heterocycles. The Kier molecular flexibility index (Phi) is 3.86. The second-order valence-corrected chi connectivity index (χ2v) is 3.33. The normalized spacial score (nSPS) is 11.8. The van der Waals surface area contributed by atoms with E-state index in [9.17, 15) is 15.0 Å². The lowest BCUT2D eigenvalue weighted by Gasteiger charge is -2.08. The SMILES string of the molecule is N#CCCc1cc(O)cc(C(O)C(=O)O)c1. The molecule has 5 nitrogen and oxygen atoms in total. The molecule has 3 N–H and O–H groups in total. The molecule has 0 saturated carbocycles. The lowest BCUT2D eigenvalue weighted by atomic mass is 10.0. The van der Waals surface area contributed by atoms with Gasteiger partial charge in [-0.25, -0.2) is 4.79 Å². The van der Waals surface area contributed by atoms with Crippen LogP contribution < -0.4 is 0 Å². The van der Waals surface area contributed by atoms with Crippen LogP contribution in [0.25, 0.3) is 0 Å². The number of nitriles is 1. The first kappa shape index (κ1) is 12.0. The molecule has 0 heterocycles. The summed E-state index contributed by atoms with van der Waals surface area (Å²) in [5.41, 5.74) is 0.734. The third-order valence-corrected chi connectivity index (χ3v) is 2.08. The molecule has 0 fully saturated rings. The number of aryl methyl sites for hydroxylation is 1. The lowest BCUT2D eigenvalue weighted by Crippen LogP contribution is -2.10. The number of benzene rings is 1. The van der Waals surface area contributed by atoms with Crippen LogP contribution in [0.2, 0.25) is 0 Å². The van der Waals surface area contributed by atoms with Crippen molar-refractivity contribution in [3.63, 3.8) is 0 Å². The number of carboxylic acid groups (broad SMARTS) is 1. The van der Waals surface area contributed by atoms with Crippen LogP contribution >= 0.6 is 0 Å². The van der Waals surface area contributed by atoms with Crippen LogP contribution in [-0.2, 0) is 11.2 Å². The Balaban J connectivity index is 2.98. The minimum atomic E-state index is -1.66. The number of phenols is 1. The molecule has 0 aliphatic carbocycles. The van der Waals surface area contributed by atoms with Crippen LogP contribution in [0.5, 0.6) is 5.75 Å². The molecule has 0 bridgehead atoms. The third-order valence-electron chi connectivity index (χ3n) is 2.08. The fourth-order valence-corrected chi connectivity index (χ4v) is 1.34. The summed E-state index contributed by atoms with van der Waals surface area (Å²) in [4.78, 5) is 10.6. The number of aliphatic carboxylic acids is 1. The van der Waals surface area contributed by atoms with Crippen LogP contribution in [0.15, 0.2) is 18.2 Å². The monoisotopic (exact) mass is 221 g/mol. The third kappa shape index (κ3) is 2.97. The van der Waals surface area contributed by atoms with Gasteiger partial charge in [-0.3, -0.25) is 0 Å². The van der Waals surface area contributed by atoms with Crippen molar-refractivity contribution >= 4 is 5.97 Å². The topological polar surface area (TPSA) is 102 Å². The van der Waals surface area contributed by atoms with Gasteiger partial charge < -0.3 is 15.3 Å². The zero-order valence-electron chi connectivity index (χ0n) is 8.42. The molecule has 0 aliphatic rings. The van der Waals surface area contributed by atoms with E-state index in [4.69, 9.17) is 10.4 Å². The highest BCUT2D eigenvalue weighted by atomic mass is 16.4. The highest BCUT2D eigenvalue weighted by molar-refractivity contribution is 5.74. The number of aliphatic hydroxyl groups excluding tert-OH is 1. The largest absolute Gasteiger partial charge is 0.508 e. The van der Waals surface area contributed by atoms with Crippen LogP contribution in [-0.4, -0.2) is 21.3 Å². The van der Waals surface area contributed by atoms with Crippen LogP contribution in [0.3, 0.4) is 0 Å². The van der Waals surface area contributed by atoms with Crippen molar-refractivity contribution < 1.29 is 20.1 Å². The average Bonchev–Trinajstić information content (AvgIpc) is 2.24. The van der Waals surface area contributed by atoms with E-state index in [2.05, 4.69) is 0 Å². The Morgan fingerprint density at radius 3 is 2.69 bits per heavy atom. The van der Waals surface area contributed by atoms with Gasteiger partial charge in [0.25, 0.3) is 0 Å². The number of carbonyl (C=O) groups is 1. The van der Waals surface area contributed by atoms with Crippen molar-refractivity contribution in [1.82, 2.24) is 0 Å². The highest BCUT2D eigenvalue weighted by Gasteiger charge is 2.17. The molecule has 1 aromatic rings. The fourth-order valence-electron chi connectivity index (χ4n) is 1.34. The minimum Gasteiger partial charge on any atom is -0.508 e. The Morgan fingerprint density at radius 1 is 1.44 bits per heavy atom. The van der Waals surface area contributed by atoms with Gasteiger partial charge in [-0.2, -0.15) is 5.26 Å². The first-order valence-electron chi connectivity index (χ1n) is 4.65. The zero-order valence-corrected chi connectivity index (χ0v) is 8.42. The molecule has 1 rings (SSSR count). The number of nitrogens with zero attached hydrogens (tertiary/aromatic N) is 1. The molecule has 84 valence electrons. The molecular formula is C11H11NO4. The first-order valence-corrected chi connectivity index (χ1v) is 4.65. The van der Waals surface area contributed by atoms with E-state index in [1.807, 2.05) is 6.07 Å². The van der Waals surface area contributed by atoms with Crippen molar-refractivity contribution in [2.45, 2.75) is 18.9 Å². The standard InChI is InChI=1S/C11H11NO4/c12-3-1-2-7-4-8(6-9(13)5-7)10(14)11(15)16/h4-6,10,13-14H,1-2H2,(H,15,16). The molecule has 0 aromatic heterocycles. The second kappa shape index (κ2) is 5.14. The number of rotatable bonds is 4. The van der Waals surface area contributed by atoms with Gasteiger partial charge >= 0.3 is 5.97 Å². The first-order chi connectivity index (χ1) is 7.54. The smallest absolute Gasteiger partial charge is 0.337 e. The Labute approximate surface area is 92.2 Å². The molecule has 0 radical (unpaired) electrons. The Bertz CT molecular complexity index is 436. The fraction of sp³-hybridized carbons (Fsp3) is 0.273. The number of hydrogen-bond acceptors (Lipinski definition) is 4. The van der Waals surface area contributed by atoms with Gasteiger partial charge in [0.1, 0.15) is 5.75 Å². The second-order valence-electron chi connectivity index (χ2n) is 3.33. The maximum absolute atomic E-state index is 10.6. The van der Waals surface area contributed by atoms with Crippen molar-refractivity contribution in [2.24, 2.45) is 0 Å². The van der Waals surface area contributed by atoms with Gasteiger partial charge in [0.2, 0.25) is 0 Å². The Morgan fingerprint density at radius 2 is 2.12 bits per heavy atom. The van der Waals surface area contributed by atoms with Gasteiger partial charge in [-0.15, -0.1) is 0 Å². The summed E-state index contributed by atoms with van der Waals surface area (Å²) in [6.07, 6.45) is -0.982. The number of aromatic hydroxyl groups is 1. The van der Waals surface area contributed by atoms with Gasteiger partial charge in [-0.1, -0.05) is 6.07 Å². The summed E-state index contributed by atoms with van der Waals surface area (Å²) >= 11 is 0. The van der Waals surface area contributed by atoms with E-state index < -0.39 is 12.1 Å². The van der Waals surface area contributed by atoms with E-state index in [0.717, 1.165) is 0 Å². The van der Waals surface area contributed by atoms with E-state index in [1.54, 1.807) is 0 Å². The highest BCUT2D eigenvalue weighted by Crippen LogP contribution is 2.22. The van der Waals surface area contributed by atoms with Crippen molar-refractivity contribution in [2.75, 3.05) is 0 Å². The average molecular weight is 221 g/mol. The van der Waals surface area contributed by atoms with Crippen molar-refractivity contribution in [3.05, 3.63) is 29.3 Å². The van der Waals surface area contributed by atoms with Gasteiger partial charge in [0, 0.05) is 6.42 Å². The van der Waals surface area contributed by atoms with Crippen LogP contribution in [0, 0.1) is 11.3 Å². The predicted octanol–water partition coefficient (Wildman–Crippen LogP) is 0.966. The van der Waals surface area contributed by atoms with E-state index in [-0.39, 0.29) is 17.7 Å². The molecule has 1 unspecified atom stereocenters. The molecular weight excluding hydrogens is 210 g/mol. The minimum absolute atomic E-state index is 0.112. The van der Waals surface area contributed by atoms with Crippen LogP contribution in [0.1, 0.15) is 23.7 Å². The number of phenolic OH excluding ortho intramolecular Hbond substituents is 1. The summed E-state index contributed by atoms with van der Waals surface area (Å²) in [6, 6.07) is 6.04. The van der Waals surface area contributed by atoms with E-state index in [1.165, 1.54) is 18.2 Å². The Hall–Kier alpha value is -2.06. The van der Waals surface area contributed by atoms with Crippen molar-refractivity contribution in [3.8, 4) is 11.8 Å². The molecule has 0 saturated heterocycles. The molecule has 1 atom stereocenters. The molecule has 5 heteroatoms. The van der Waals surface area contributed by atoms with Crippen molar-refractivity contribution in [1.29, 1.82) is 5.26 Å². The number of aliphatic hydroxyl groups is 1. The van der Waals surface area contributed by atoms with Gasteiger partial charge in [-0.05, 0) is 29.7 Å². The lowest BCUT2D eigenvalue weighted by molar-refractivity contribution is -0.146. The molecule has 0 amide bonds. The number of hydrogen-bond donors (Lipinski definition) is 3.